The summed E-state index contributed by atoms with van der Waals surface area (Å²) in [6.45, 7) is 8.95. The quantitative estimate of drug-likeness (QED) is 0.831. The normalized spacial score (nSPS) is 13.9. The molecular weight excluding hydrogens is 194 g/mol. The first-order chi connectivity index (χ1) is 6.99. The summed E-state index contributed by atoms with van der Waals surface area (Å²) in [4.78, 5) is 4.22. The lowest BCUT2D eigenvalue weighted by atomic mass is 9.88. The van der Waals surface area contributed by atoms with Gasteiger partial charge in [-0.15, -0.1) is 0 Å². The second kappa shape index (κ2) is 4.61. The van der Waals surface area contributed by atoms with Crippen LogP contribution in [0.15, 0.2) is 4.52 Å². The Kier molecular flexibility index (Phi) is 3.68. The van der Waals surface area contributed by atoms with Gasteiger partial charge in [-0.3, -0.25) is 0 Å². The Morgan fingerprint density at radius 2 is 2.13 bits per heavy atom. The Balaban J connectivity index is 2.83. The molecule has 15 heavy (non-hydrogen) atoms. The number of hydrogen-bond acceptors (Lipinski definition) is 5. The van der Waals surface area contributed by atoms with Crippen LogP contribution < -0.4 is 5.32 Å². The van der Waals surface area contributed by atoms with Crippen molar-refractivity contribution in [1.29, 1.82) is 0 Å². The van der Waals surface area contributed by atoms with Gasteiger partial charge in [0.2, 0.25) is 5.82 Å². The van der Waals surface area contributed by atoms with Gasteiger partial charge in [0.05, 0.1) is 0 Å². The maximum Gasteiger partial charge on any atom is 0.321 e. The summed E-state index contributed by atoms with van der Waals surface area (Å²) in [6, 6.07) is 0.443. The van der Waals surface area contributed by atoms with Crippen LogP contribution in [0.3, 0.4) is 0 Å². The van der Waals surface area contributed by atoms with E-state index >= 15 is 0 Å². The fraction of sp³-hybridized carbons (Fsp3) is 0.800. The maximum absolute atomic E-state index is 5.38. The van der Waals surface area contributed by atoms with Crippen molar-refractivity contribution in [3.63, 3.8) is 0 Å². The van der Waals surface area contributed by atoms with E-state index in [0.29, 0.717) is 11.8 Å². The Bertz CT molecular complexity index is 304. The number of nitrogens with zero attached hydrogens (tertiary/aromatic N) is 2. The standard InChI is InChI=1S/C10H19N3O2/c1-6-11-9-12-8(13-15-9)7(14-5)10(2,3)4/h7H,6H2,1-5H3,(H,11,12,13). The van der Waals surface area contributed by atoms with Gasteiger partial charge in [-0.2, -0.15) is 4.98 Å². The molecule has 1 atom stereocenters. The van der Waals surface area contributed by atoms with Crippen LogP contribution in [0.2, 0.25) is 0 Å². The molecule has 1 rings (SSSR count). The summed E-state index contributed by atoms with van der Waals surface area (Å²) in [7, 11) is 1.65. The first-order valence-electron chi connectivity index (χ1n) is 5.09. The molecule has 0 aliphatic heterocycles. The molecule has 86 valence electrons. The fourth-order valence-corrected chi connectivity index (χ4v) is 1.41. The summed E-state index contributed by atoms with van der Waals surface area (Å²) in [5, 5.41) is 6.86. The summed E-state index contributed by atoms with van der Waals surface area (Å²) in [5.74, 6) is 0.584. The van der Waals surface area contributed by atoms with E-state index in [1.807, 2.05) is 6.92 Å². The van der Waals surface area contributed by atoms with Gasteiger partial charge in [0.15, 0.2) is 0 Å². The van der Waals surface area contributed by atoms with Crippen LogP contribution in [0.25, 0.3) is 0 Å². The Morgan fingerprint density at radius 1 is 1.47 bits per heavy atom. The molecule has 5 heteroatoms. The average molecular weight is 213 g/mol. The lowest BCUT2D eigenvalue weighted by molar-refractivity contribution is 0.00718. The van der Waals surface area contributed by atoms with Crippen LogP contribution >= 0.6 is 0 Å². The Labute approximate surface area is 90.2 Å². The molecule has 0 saturated carbocycles. The van der Waals surface area contributed by atoms with E-state index in [2.05, 4.69) is 36.2 Å². The number of methoxy groups -OCH3 is 1. The number of hydrogen-bond donors (Lipinski definition) is 1. The van der Waals surface area contributed by atoms with Gasteiger partial charge >= 0.3 is 6.01 Å². The highest BCUT2D eigenvalue weighted by Crippen LogP contribution is 2.34. The molecule has 0 fully saturated rings. The van der Waals surface area contributed by atoms with E-state index in [4.69, 9.17) is 9.26 Å². The minimum absolute atomic E-state index is 0.0535. The zero-order valence-corrected chi connectivity index (χ0v) is 10.00. The van der Waals surface area contributed by atoms with E-state index in [-0.39, 0.29) is 11.5 Å². The highest BCUT2D eigenvalue weighted by atomic mass is 16.5. The zero-order valence-electron chi connectivity index (χ0n) is 10.00. The minimum Gasteiger partial charge on any atom is -0.373 e. The SMILES string of the molecule is CCNc1nc(C(OC)C(C)(C)C)no1. The molecule has 5 nitrogen and oxygen atoms in total. The van der Waals surface area contributed by atoms with Gasteiger partial charge in [-0.1, -0.05) is 25.9 Å². The van der Waals surface area contributed by atoms with Gasteiger partial charge in [0.25, 0.3) is 0 Å². The van der Waals surface area contributed by atoms with Crippen molar-refractivity contribution in [3.05, 3.63) is 5.82 Å². The van der Waals surface area contributed by atoms with Crippen molar-refractivity contribution in [1.82, 2.24) is 10.1 Å². The first-order valence-corrected chi connectivity index (χ1v) is 5.09. The molecular formula is C10H19N3O2. The number of nitrogens with one attached hydrogen (secondary N) is 1. The highest BCUT2D eigenvalue weighted by Gasteiger charge is 2.30. The molecule has 0 bridgehead atoms. The molecule has 1 N–H and O–H groups in total. The zero-order chi connectivity index (χ0) is 11.5. The van der Waals surface area contributed by atoms with Gasteiger partial charge in [-0.25, -0.2) is 0 Å². The van der Waals surface area contributed by atoms with E-state index < -0.39 is 0 Å². The van der Waals surface area contributed by atoms with Crippen molar-refractivity contribution in [3.8, 4) is 0 Å². The summed E-state index contributed by atoms with van der Waals surface area (Å²) >= 11 is 0. The van der Waals surface area contributed by atoms with E-state index in [1.54, 1.807) is 7.11 Å². The molecule has 0 aliphatic carbocycles. The number of aromatic nitrogens is 2. The number of ether oxygens (including phenoxy) is 1. The van der Waals surface area contributed by atoms with Crippen LogP contribution in [-0.2, 0) is 4.74 Å². The molecule has 0 amide bonds. The topological polar surface area (TPSA) is 60.2 Å². The lowest BCUT2D eigenvalue weighted by Crippen LogP contribution is -2.21. The van der Waals surface area contributed by atoms with Crippen molar-refractivity contribution < 1.29 is 9.26 Å². The van der Waals surface area contributed by atoms with Gasteiger partial charge in [0, 0.05) is 13.7 Å². The predicted octanol–water partition coefficient (Wildman–Crippen LogP) is 2.24. The number of anilines is 1. The van der Waals surface area contributed by atoms with E-state index in [1.165, 1.54) is 0 Å². The Morgan fingerprint density at radius 3 is 2.60 bits per heavy atom. The molecule has 0 aromatic carbocycles. The summed E-state index contributed by atoms with van der Waals surface area (Å²) < 4.78 is 10.4. The summed E-state index contributed by atoms with van der Waals surface area (Å²) in [5.41, 5.74) is -0.0535. The van der Waals surface area contributed by atoms with Crippen molar-refractivity contribution >= 4 is 6.01 Å². The third-order valence-corrected chi connectivity index (χ3v) is 2.03. The highest BCUT2D eigenvalue weighted by molar-refractivity contribution is 5.18. The third-order valence-electron chi connectivity index (χ3n) is 2.03. The second-order valence-electron chi connectivity index (χ2n) is 4.47. The molecule has 1 unspecified atom stereocenters. The maximum atomic E-state index is 5.38. The average Bonchev–Trinajstić information content (AvgIpc) is 2.52. The van der Waals surface area contributed by atoms with Crippen LogP contribution in [0.5, 0.6) is 0 Å². The van der Waals surface area contributed by atoms with Gasteiger partial charge in [-0.05, 0) is 12.3 Å². The second-order valence-corrected chi connectivity index (χ2v) is 4.47. The van der Waals surface area contributed by atoms with Crippen LogP contribution in [0, 0.1) is 5.41 Å². The van der Waals surface area contributed by atoms with Gasteiger partial charge < -0.3 is 14.6 Å². The predicted molar refractivity (Wildman–Crippen MR) is 57.7 cm³/mol. The minimum atomic E-state index is -0.159. The van der Waals surface area contributed by atoms with Crippen LogP contribution in [0.1, 0.15) is 39.6 Å². The van der Waals surface area contributed by atoms with Crippen LogP contribution in [-0.4, -0.2) is 23.8 Å². The monoisotopic (exact) mass is 213 g/mol. The molecule has 0 radical (unpaired) electrons. The molecule has 1 aromatic rings. The number of rotatable bonds is 4. The Hall–Kier alpha value is -1.10. The fourth-order valence-electron chi connectivity index (χ4n) is 1.41. The van der Waals surface area contributed by atoms with Crippen molar-refractivity contribution in [2.45, 2.75) is 33.8 Å². The van der Waals surface area contributed by atoms with Gasteiger partial charge in [0.1, 0.15) is 6.10 Å². The molecule has 1 heterocycles. The van der Waals surface area contributed by atoms with Crippen LogP contribution in [0.4, 0.5) is 6.01 Å². The van der Waals surface area contributed by atoms with E-state index in [9.17, 15) is 0 Å². The molecule has 0 spiro atoms. The molecule has 0 saturated heterocycles. The molecule has 0 aliphatic rings. The van der Waals surface area contributed by atoms with Crippen molar-refractivity contribution in [2.75, 3.05) is 19.0 Å². The smallest absolute Gasteiger partial charge is 0.321 e. The summed E-state index contributed by atoms with van der Waals surface area (Å²) in [6.07, 6.45) is -0.159. The molecule has 1 aromatic heterocycles. The van der Waals surface area contributed by atoms with E-state index in [0.717, 1.165) is 6.54 Å². The first kappa shape index (κ1) is 12.0. The largest absolute Gasteiger partial charge is 0.373 e. The third kappa shape index (κ3) is 2.92. The van der Waals surface area contributed by atoms with Crippen molar-refractivity contribution in [2.24, 2.45) is 5.41 Å². The lowest BCUT2D eigenvalue weighted by Gasteiger charge is -2.26.